The van der Waals surface area contributed by atoms with Gasteiger partial charge in [-0.05, 0) is 48.4 Å². The van der Waals surface area contributed by atoms with Crippen molar-refractivity contribution in [3.8, 4) is 0 Å². The summed E-state index contributed by atoms with van der Waals surface area (Å²) in [6.07, 6.45) is 3.20. The van der Waals surface area contributed by atoms with Gasteiger partial charge in [0.25, 0.3) is 5.91 Å². The fraction of sp³-hybridized carbons (Fsp3) is 0.238. The van der Waals surface area contributed by atoms with E-state index in [1.165, 1.54) is 16.0 Å². The van der Waals surface area contributed by atoms with E-state index in [2.05, 4.69) is 35.7 Å². The van der Waals surface area contributed by atoms with Gasteiger partial charge in [-0.1, -0.05) is 30.3 Å². The van der Waals surface area contributed by atoms with Gasteiger partial charge in [0, 0.05) is 17.7 Å². The van der Waals surface area contributed by atoms with Crippen LogP contribution in [0.2, 0.25) is 0 Å². The van der Waals surface area contributed by atoms with Crippen LogP contribution < -0.4 is 16.0 Å². The standard InChI is InChI=1S/C21H23N3O2/c1-15(21(26)23-19-9-7-18(8-10-19)20(22)25)24-13-11-17(12-14-24)16-5-3-2-4-6-16/h2-11,15H,12-14H2,1H3,(H2,22,25)(H,23,26)/p+1/t15-/m1/s1. The van der Waals surface area contributed by atoms with Crippen molar-refractivity contribution in [3.05, 3.63) is 71.8 Å². The molecule has 0 saturated heterocycles. The summed E-state index contributed by atoms with van der Waals surface area (Å²) >= 11 is 0. The molecule has 0 bridgehead atoms. The van der Waals surface area contributed by atoms with Crippen molar-refractivity contribution < 1.29 is 14.5 Å². The number of nitrogens with one attached hydrogen (secondary N) is 2. The summed E-state index contributed by atoms with van der Waals surface area (Å²) in [6.45, 7) is 3.71. The highest BCUT2D eigenvalue weighted by Crippen LogP contribution is 2.18. The first-order chi connectivity index (χ1) is 12.5. The third-order valence-electron chi connectivity index (χ3n) is 4.91. The minimum absolute atomic E-state index is 0.0246. The Morgan fingerprint density at radius 1 is 1.08 bits per heavy atom. The minimum atomic E-state index is -0.477. The van der Waals surface area contributed by atoms with Crippen molar-refractivity contribution in [1.82, 2.24) is 0 Å². The number of primary amides is 1. The maximum Gasteiger partial charge on any atom is 0.282 e. The normalized spacial score (nSPS) is 17.9. The first kappa shape index (κ1) is 17.9. The van der Waals surface area contributed by atoms with Crippen molar-refractivity contribution in [2.45, 2.75) is 19.4 Å². The van der Waals surface area contributed by atoms with Gasteiger partial charge in [-0.3, -0.25) is 9.59 Å². The van der Waals surface area contributed by atoms with Gasteiger partial charge in [0.05, 0.1) is 13.1 Å². The monoisotopic (exact) mass is 350 g/mol. The van der Waals surface area contributed by atoms with Gasteiger partial charge in [0.1, 0.15) is 0 Å². The van der Waals surface area contributed by atoms with Crippen molar-refractivity contribution in [3.63, 3.8) is 0 Å². The fourth-order valence-corrected chi connectivity index (χ4v) is 3.22. The van der Waals surface area contributed by atoms with E-state index < -0.39 is 5.91 Å². The number of benzene rings is 2. The summed E-state index contributed by atoms with van der Waals surface area (Å²) in [5, 5.41) is 2.92. The van der Waals surface area contributed by atoms with Crippen LogP contribution in [-0.4, -0.2) is 30.9 Å². The number of anilines is 1. The summed E-state index contributed by atoms with van der Waals surface area (Å²) < 4.78 is 0. The zero-order valence-corrected chi connectivity index (χ0v) is 14.9. The highest BCUT2D eigenvalue weighted by atomic mass is 16.2. The highest BCUT2D eigenvalue weighted by molar-refractivity contribution is 5.96. The molecule has 1 heterocycles. The van der Waals surface area contributed by atoms with Crippen LogP contribution >= 0.6 is 0 Å². The zero-order chi connectivity index (χ0) is 18.5. The van der Waals surface area contributed by atoms with Crippen LogP contribution in [0.15, 0.2) is 60.7 Å². The lowest BCUT2D eigenvalue weighted by molar-refractivity contribution is -0.909. The molecule has 2 atom stereocenters. The molecule has 5 heteroatoms. The quantitative estimate of drug-likeness (QED) is 0.764. The van der Waals surface area contributed by atoms with Crippen LogP contribution in [0.4, 0.5) is 5.69 Å². The number of amides is 2. The fourth-order valence-electron chi connectivity index (χ4n) is 3.22. The van der Waals surface area contributed by atoms with E-state index in [9.17, 15) is 9.59 Å². The average Bonchev–Trinajstić information content (AvgIpc) is 2.68. The number of hydrogen-bond donors (Lipinski definition) is 3. The second kappa shape index (κ2) is 7.97. The van der Waals surface area contributed by atoms with E-state index in [1.54, 1.807) is 24.3 Å². The summed E-state index contributed by atoms with van der Waals surface area (Å²) in [6, 6.07) is 16.9. The predicted molar refractivity (Wildman–Crippen MR) is 103 cm³/mol. The first-order valence-electron chi connectivity index (χ1n) is 8.84. The van der Waals surface area contributed by atoms with E-state index in [0.29, 0.717) is 11.3 Å². The van der Waals surface area contributed by atoms with Crippen LogP contribution in [-0.2, 0) is 4.79 Å². The molecule has 2 aromatic rings. The Morgan fingerprint density at radius 2 is 1.77 bits per heavy atom. The van der Waals surface area contributed by atoms with E-state index in [1.807, 2.05) is 13.0 Å². The SMILES string of the molecule is C[C@H](C(=O)Nc1ccc(C(N)=O)cc1)[NH+]1CC=C(c2ccccc2)CC1. The van der Waals surface area contributed by atoms with Crippen molar-refractivity contribution in [1.29, 1.82) is 0 Å². The molecule has 1 aliphatic heterocycles. The van der Waals surface area contributed by atoms with Gasteiger partial charge in [0.2, 0.25) is 5.91 Å². The predicted octanol–water partition coefficient (Wildman–Crippen LogP) is 1.48. The molecule has 4 N–H and O–H groups in total. The maximum atomic E-state index is 12.5. The summed E-state index contributed by atoms with van der Waals surface area (Å²) in [5.74, 6) is -0.501. The van der Waals surface area contributed by atoms with Gasteiger partial charge in [-0.15, -0.1) is 0 Å². The molecule has 1 aliphatic rings. The van der Waals surface area contributed by atoms with Crippen LogP contribution in [0.1, 0.15) is 29.3 Å². The van der Waals surface area contributed by atoms with Gasteiger partial charge < -0.3 is 16.0 Å². The molecule has 5 nitrogen and oxygen atoms in total. The second-order valence-corrected chi connectivity index (χ2v) is 6.61. The van der Waals surface area contributed by atoms with Crippen molar-refractivity contribution >= 4 is 23.1 Å². The maximum absolute atomic E-state index is 12.5. The number of nitrogens with two attached hydrogens (primary N) is 1. The molecule has 0 fully saturated rings. The molecule has 3 rings (SSSR count). The van der Waals surface area contributed by atoms with Gasteiger partial charge in [0.15, 0.2) is 6.04 Å². The largest absolute Gasteiger partial charge is 0.366 e. The molecule has 0 saturated carbocycles. The van der Waals surface area contributed by atoms with E-state index in [4.69, 9.17) is 5.73 Å². The number of carbonyl (C=O) groups is 2. The lowest BCUT2D eigenvalue weighted by Crippen LogP contribution is -3.17. The summed E-state index contributed by atoms with van der Waals surface area (Å²) in [7, 11) is 0. The van der Waals surface area contributed by atoms with Gasteiger partial charge in [-0.2, -0.15) is 0 Å². The number of quaternary nitrogens is 1. The van der Waals surface area contributed by atoms with E-state index >= 15 is 0 Å². The summed E-state index contributed by atoms with van der Waals surface area (Å²) in [4.78, 5) is 24.9. The van der Waals surface area contributed by atoms with Crippen molar-refractivity contribution in [2.75, 3.05) is 18.4 Å². The van der Waals surface area contributed by atoms with Crippen LogP contribution in [0.25, 0.3) is 5.57 Å². The molecule has 2 aromatic carbocycles. The Balaban J connectivity index is 1.59. The minimum Gasteiger partial charge on any atom is -0.366 e. The molecule has 0 aromatic heterocycles. The zero-order valence-electron chi connectivity index (χ0n) is 14.9. The van der Waals surface area contributed by atoms with Crippen LogP contribution in [0, 0.1) is 0 Å². The molecule has 1 unspecified atom stereocenters. The van der Waals surface area contributed by atoms with Crippen molar-refractivity contribution in [2.24, 2.45) is 5.73 Å². The third-order valence-corrected chi connectivity index (χ3v) is 4.91. The Morgan fingerprint density at radius 3 is 2.35 bits per heavy atom. The number of hydrogen-bond acceptors (Lipinski definition) is 2. The molecule has 0 spiro atoms. The summed E-state index contributed by atoms with van der Waals surface area (Å²) in [5.41, 5.74) is 8.94. The van der Waals surface area contributed by atoms with Crippen LogP contribution in [0.3, 0.4) is 0 Å². The molecular formula is C21H24N3O2+. The lowest BCUT2D eigenvalue weighted by Gasteiger charge is -2.28. The van der Waals surface area contributed by atoms with Gasteiger partial charge in [-0.25, -0.2) is 0 Å². The van der Waals surface area contributed by atoms with E-state index in [0.717, 1.165) is 19.5 Å². The third kappa shape index (κ3) is 4.18. The van der Waals surface area contributed by atoms with E-state index in [-0.39, 0.29) is 11.9 Å². The Hall–Kier alpha value is -2.92. The molecular weight excluding hydrogens is 326 g/mol. The second-order valence-electron chi connectivity index (χ2n) is 6.61. The Kier molecular flexibility index (Phi) is 5.49. The molecule has 134 valence electrons. The number of carbonyl (C=O) groups excluding carboxylic acids is 2. The van der Waals surface area contributed by atoms with Gasteiger partial charge >= 0.3 is 0 Å². The topological polar surface area (TPSA) is 76.6 Å². The Labute approximate surface area is 153 Å². The average molecular weight is 350 g/mol. The molecule has 26 heavy (non-hydrogen) atoms. The number of rotatable bonds is 5. The molecule has 0 aliphatic carbocycles. The lowest BCUT2D eigenvalue weighted by atomic mass is 9.99. The highest BCUT2D eigenvalue weighted by Gasteiger charge is 2.27. The Bertz CT molecular complexity index is 813. The molecule has 0 radical (unpaired) electrons. The molecule has 2 amide bonds. The smallest absolute Gasteiger partial charge is 0.282 e. The first-order valence-corrected chi connectivity index (χ1v) is 8.84. The van der Waals surface area contributed by atoms with Crippen LogP contribution in [0.5, 0.6) is 0 Å².